The van der Waals surface area contributed by atoms with Crippen molar-refractivity contribution in [2.24, 2.45) is 0 Å². The molecular formula is C20H23NO4. The standard InChI is InChI=1S/C20H23NO4/c1-20(2,3)25-19(24)21-17-13-14(10-12-18(22)23)9-11-16(17)15-7-5-4-6-8-15/h4-9,11,13H,10,12H2,1-3H3,(H,21,24)(H,22,23). The van der Waals surface area contributed by atoms with Crippen LogP contribution < -0.4 is 5.32 Å². The molecule has 0 spiro atoms. The van der Waals surface area contributed by atoms with Gasteiger partial charge in [-0.2, -0.15) is 0 Å². The lowest BCUT2D eigenvalue weighted by Gasteiger charge is -2.21. The summed E-state index contributed by atoms with van der Waals surface area (Å²) in [7, 11) is 0. The molecule has 25 heavy (non-hydrogen) atoms. The third-order valence-electron chi connectivity index (χ3n) is 3.43. The van der Waals surface area contributed by atoms with Crippen LogP contribution >= 0.6 is 0 Å². The summed E-state index contributed by atoms with van der Waals surface area (Å²) < 4.78 is 5.33. The van der Waals surface area contributed by atoms with Crippen LogP contribution in [0.15, 0.2) is 48.5 Å². The molecule has 0 saturated heterocycles. The zero-order chi connectivity index (χ0) is 18.4. The second-order valence-electron chi connectivity index (χ2n) is 6.77. The first-order chi connectivity index (χ1) is 11.7. The highest BCUT2D eigenvalue weighted by atomic mass is 16.6. The minimum atomic E-state index is -0.853. The van der Waals surface area contributed by atoms with Gasteiger partial charge in [0, 0.05) is 12.0 Å². The third kappa shape index (κ3) is 5.95. The number of aliphatic carboxylic acids is 1. The van der Waals surface area contributed by atoms with E-state index in [2.05, 4.69) is 5.32 Å². The summed E-state index contributed by atoms with van der Waals surface area (Å²) in [6.07, 6.45) is -0.107. The molecule has 1 amide bonds. The molecule has 2 N–H and O–H groups in total. The first kappa shape index (κ1) is 18.5. The Bertz CT molecular complexity index is 748. The number of carbonyl (C=O) groups excluding carboxylic acids is 1. The number of benzene rings is 2. The molecule has 2 aromatic rings. The van der Waals surface area contributed by atoms with Crippen molar-refractivity contribution >= 4 is 17.7 Å². The predicted octanol–water partition coefficient (Wildman–Crippen LogP) is 4.72. The zero-order valence-corrected chi connectivity index (χ0v) is 14.7. The van der Waals surface area contributed by atoms with Gasteiger partial charge in [0.05, 0.1) is 5.69 Å². The van der Waals surface area contributed by atoms with E-state index in [0.29, 0.717) is 12.1 Å². The van der Waals surface area contributed by atoms with Crippen molar-refractivity contribution in [3.8, 4) is 11.1 Å². The molecule has 132 valence electrons. The molecule has 2 aromatic carbocycles. The summed E-state index contributed by atoms with van der Waals surface area (Å²) in [5.41, 5.74) is 2.65. The van der Waals surface area contributed by atoms with Crippen LogP contribution in [-0.4, -0.2) is 22.8 Å². The Kier molecular flexibility index (Phi) is 5.80. The Morgan fingerprint density at radius 3 is 2.36 bits per heavy atom. The lowest BCUT2D eigenvalue weighted by atomic mass is 9.99. The fourth-order valence-corrected chi connectivity index (χ4v) is 2.38. The summed E-state index contributed by atoms with van der Waals surface area (Å²) in [4.78, 5) is 23.0. The van der Waals surface area contributed by atoms with Crippen molar-refractivity contribution in [3.63, 3.8) is 0 Å². The lowest BCUT2D eigenvalue weighted by Crippen LogP contribution is -2.27. The molecule has 2 rings (SSSR count). The fourth-order valence-electron chi connectivity index (χ4n) is 2.38. The lowest BCUT2D eigenvalue weighted by molar-refractivity contribution is -0.136. The van der Waals surface area contributed by atoms with Crippen LogP contribution in [0.1, 0.15) is 32.8 Å². The van der Waals surface area contributed by atoms with E-state index < -0.39 is 17.7 Å². The largest absolute Gasteiger partial charge is 0.481 e. The molecule has 5 heteroatoms. The van der Waals surface area contributed by atoms with E-state index in [1.807, 2.05) is 42.5 Å². The second kappa shape index (κ2) is 7.83. The maximum Gasteiger partial charge on any atom is 0.412 e. The molecule has 0 aliphatic carbocycles. The molecule has 0 radical (unpaired) electrons. The predicted molar refractivity (Wildman–Crippen MR) is 97.7 cm³/mol. The Balaban J connectivity index is 2.32. The van der Waals surface area contributed by atoms with E-state index in [1.54, 1.807) is 26.8 Å². The normalized spacial score (nSPS) is 11.0. The van der Waals surface area contributed by atoms with Gasteiger partial charge < -0.3 is 9.84 Å². The number of nitrogens with one attached hydrogen (secondary N) is 1. The van der Waals surface area contributed by atoms with E-state index in [1.165, 1.54) is 0 Å². The molecule has 5 nitrogen and oxygen atoms in total. The number of aryl methyl sites for hydroxylation is 1. The topological polar surface area (TPSA) is 75.6 Å². The van der Waals surface area contributed by atoms with E-state index in [9.17, 15) is 9.59 Å². The molecule has 0 atom stereocenters. The molecule has 0 bridgehead atoms. The smallest absolute Gasteiger partial charge is 0.412 e. The number of amides is 1. The third-order valence-corrected chi connectivity index (χ3v) is 3.43. The molecule has 0 heterocycles. The van der Waals surface area contributed by atoms with Crippen LogP contribution in [0.5, 0.6) is 0 Å². The quantitative estimate of drug-likeness (QED) is 0.825. The minimum Gasteiger partial charge on any atom is -0.481 e. The molecule has 0 aliphatic rings. The van der Waals surface area contributed by atoms with Gasteiger partial charge in [-0.15, -0.1) is 0 Å². The van der Waals surface area contributed by atoms with Crippen molar-refractivity contribution in [2.45, 2.75) is 39.2 Å². The highest BCUT2D eigenvalue weighted by Gasteiger charge is 2.18. The van der Waals surface area contributed by atoms with Crippen molar-refractivity contribution in [2.75, 3.05) is 5.32 Å². The van der Waals surface area contributed by atoms with E-state index in [0.717, 1.165) is 16.7 Å². The van der Waals surface area contributed by atoms with Gasteiger partial charge in [0.1, 0.15) is 5.60 Å². The second-order valence-corrected chi connectivity index (χ2v) is 6.77. The van der Waals surface area contributed by atoms with Gasteiger partial charge in [0.2, 0.25) is 0 Å². The zero-order valence-electron chi connectivity index (χ0n) is 14.7. The van der Waals surface area contributed by atoms with E-state index in [-0.39, 0.29) is 6.42 Å². The number of rotatable bonds is 5. The molecule has 0 saturated carbocycles. The summed E-state index contributed by atoms with van der Waals surface area (Å²) in [6, 6.07) is 15.2. The van der Waals surface area contributed by atoms with Gasteiger partial charge in [0.15, 0.2) is 0 Å². The Morgan fingerprint density at radius 1 is 1.08 bits per heavy atom. The first-order valence-electron chi connectivity index (χ1n) is 8.15. The van der Waals surface area contributed by atoms with Crippen LogP contribution in [0, 0.1) is 0 Å². The van der Waals surface area contributed by atoms with Gasteiger partial charge in [-0.1, -0.05) is 42.5 Å². The molecule has 0 unspecified atom stereocenters. The molecule has 0 aromatic heterocycles. The van der Waals surface area contributed by atoms with Gasteiger partial charge in [-0.25, -0.2) is 4.79 Å². The van der Waals surface area contributed by atoms with Crippen molar-refractivity contribution in [1.82, 2.24) is 0 Å². The number of hydrogen-bond donors (Lipinski definition) is 2. The molecule has 0 fully saturated rings. The summed E-state index contributed by atoms with van der Waals surface area (Å²) in [5.74, 6) is -0.853. The maximum atomic E-state index is 12.2. The van der Waals surface area contributed by atoms with Gasteiger partial charge in [-0.05, 0) is 44.4 Å². The van der Waals surface area contributed by atoms with Gasteiger partial charge in [0.25, 0.3) is 0 Å². The Labute approximate surface area is 147 Å². The molecule has 0 aliphatic heterocycles. The van der Waals surface area contributed by atoms with Crippen molar-refractivity contribution < 1.29 is 19.4 Å². The molecular weight excluding hydrogens is 318 g/mol. The van der Waals surface area contributed by atoms with Crippen LogP contribution in [-0.2, 0) is 16.0 Å². The summed E-state index contributed by atoms with van der Waals surface area (Å²) in [6.45, 7) is 5.40. The first-order valence-corrected chi connectivity index (χ1v) is 8.15. The van der Waals surface area contributed by atoms with Crippen LogP contribution in [0.2, 0.25) is 0 Å². The van der Waals surface area contributed by atoms with Gasteiger partial charge in [-0.3, -0.25) is 10.1 Å². The van der Waals surface area contributed by atoms with Crippen LogP contribution in [0.4, 0.5) is 10.5 Å². The Morgan fingerprint density at radius 2 is 1.76 bits per heavy atom. The van der Waals surface area contributed by atoms with Gasteiger partial charge >= 0.3 is 12.1 Å². The highest BCUT2D eigenvalue weighted by molar-refractivity contribution is 5.92. The highest BCUT2D eigenvalue weighted by Crippen LogP contribution is 2.30. The van der Waals surface area contributed by atoms with Crippen LogP contribution in [0.25, 0.3) is 11.1 Å². The number of anilines is 1. The average molecular weight is 341 g/mol. The average Bonchev–Trinajstić information content (AvgIpc) is 2.52. The Hall–Kier alpha value is -2.82. The number of carboxylic acid groups (broad SMARTS) is 1. The SMILES string of the molecule is CC(C)(C)OC(=O)Nc1cc(CCC(=O)O)ccc1-c1ccccc1. The number of carboxylic acids is 1. The van der Waals surface area contributed by atoms with E-state index in [4.69, 9.17) is 9.84 Å². The fraction of sp³-hybridized carbons (Fsp3) is 0.300. The number of hydrogen-bond acceptors (Lipinski definition) is 3. The summed E-state index contributed by atoms with van der Waals surface area (Å²) in [5, 5.41) is 11.6. The van der Waals surface area contributed by atoms with E-state index >= 15 is 0 Å². The van der Waals surface area contributed by atoms with Crippen LogP contribution in [0.3, 0.4) is 0 Å². The number of carbonyl (C=O) groups is 2. The summed E-state index contributed by atoms with van der Waals surface area (Å²) >= 11 is 0. The number of ether oxygens (including phenoxy) is 1. The van der Waals surface area contributed by atoms with Crippen molar-refractivity contribution in [1.29, 1.82) is 0 Å². The van der Waals surface area contributed by atoms with Crippen molar-refractivity contribution in [3.05, 3.63) is 54.1 Å². The minimum absolute atomic E-state index is 0.0383. The maximum absolute atomic E-state index is 12.2. The monoisotopic (exact) mass is 341 g/mol.